The van der Waals surface area contributed by atoms with E-state index in [1.54, 1.807) is 7.05 Å². The lowest BCUT2D eigenvalue weighted by Crippen LogP contribution is -2.44. The molecular formula is C15H22IN5O3. The standard InChI is InChI=1S/C15H21N5O3.HI/c1-16-14(17-7-9-20-13(21)11-19-15(20)22)18-8-10-23-12-5-3-2-4-6-12;/h2-6H,7-11H2,1H3,(H,19,22)(H2,16,17,18);1H. The first-order chi connectivity index (χ1) is 11.2. The van der Waals surface area contributed by atoms with Crippen LogP contribution in [0.4, 0.5) is 4.79 Å². The predicted octanol–water partition coefficient (Wildman–Crippen LogP) is 0.400. The van der Waals surface area contributed by atoms with E-state index < -0.39 is 0 Å². The highest BCUT2D eigenvalue weighted by Gasteiger charge is 2.27. The van der Waals surface area contributed by atoms with Gasteiger partial charge < -0.3 is 20.7 Å². The Kier molecular flexibility index (Phi) is 8.90. The van der Waals surface area contributed by atoms with Crippen molar-refractivity contribution in [1.82, 2.24) is 20.9 Å². The van der Waals surface area contributed by atoms with Gasteiger partial charge in [0.1, 0.15) is 12.4 Å². The number of guanidine groups is 1. The van der Waals surface area contributed by atoms with Crippen LogP contribution in [0.3, 0.4) is 0 Å². The first-order valence-electron chi connectivity index (χ1n) is 7.41. The van der Waals surface area contributed by atoms with Crippen LogP contribution in [-0.2, 0) is 4.79 Å². The summed E-state index contributed by atoms with van der Waals surface area (Å²) in [4.78, 5) is 28.1. The van der Waals surface area contributed by atoms with Gasteiger partial charge in [0.15, 0.2) is 5.96 Å². The number of nitrogens with zero attached hydrogens (tertiary/aromatic N) is 2. The number of para-hydroxylation sites is 1. The van der Waals surface area contributed by atoms with E-state index in [4.69, 9.17) is 4.74 Å². The maximum absolute atomic E-state index is 11.4. The third kappa shape index (κ3) is 6.22. The second-order valence-electron chi connectivity index (χ2n) is 4.79. The van der Waals surface area contributed by atoms with E-state index >= 15 is 0 Å². The maximum atomic E-state index is 11.4. The lowest BCUT2D eigenvalue weighted by atomic mass is 10.3. The Balaban J connectivity index is 0.00000288. The van der Waals surface area contributed by atoms with Gasteiger partial charge in [-0.25, -0.2) is 4.79 Å². The van der Waals surface area contributed by atoms with Crippen LogP contribution >= 0.6 is 24.0 Å². The molecule has 0 atom stereocenters. The van der Waals surface area contributed by atoms with Gasteiger partial charge in [0.25, 0.3) is 0 Å². The van der Waals surface area contributed by atoms with Gasteiger partial charge in [-0.1, -0.05) is 18.2 Å². The molecule has 1 saturated heterocycles. The molecule has 0 bridgehead atoms. The largest absolute Gasteiger partial charge is 0.492 e. The van der Waals surface area contributed by atoms with E-state index in [0.717, 1.165) is 5.75 Å². The first-order valence-corrected chi connectivity index (χ1v) is 7.41. The zero-order valence-corrected chi connectivity index (χ0v) is 15.8. The van der Waals surface area contributed by atoms with E-state index in [2.05, 4.69) is 20.9 Å². The Hall–Kier alpha value is -2.04. The SMILES string of the molecule is CN=C(NCCOc1ccccc1)NCCN1C(=O)CNC1=O.I. The average molecular weight is 447 g/mol. The number of carbonyl (C=O) groups excluding carboxylic acids is 2. The number of nitrogens with one attached hydrogen (secondary N) is 3. The fourth-order valence-corrected chi connectivity index (χ4v) is 2.04. The number of hydrogen-bond donors (Lipinski definition) is 3. The monoisotopic (exact) mass is 447 g/mol. The Labute approximate surface area is 158 Å². The molecule has 0 aliphatic carbocycles. The van der Waals surface area contributed by atoms with Crippen LogP contribution in [0.5, 0.6) is 5.75 Å². The lowest BCUT2D eigenvalue weighted by Gasteiger charge is -2.15. The van der Waals surface area contributed by atoms with Crippen molar-refractivity contribution in [3.05, 3.63) is 30.3 Å². The van der Waals surface area contributed by atoms with E-state index in [1.807, 2.05) is 30.3 Å². The van der Waals surface area contributed by atoms with Crippen LogP contribution in [0.1, 0.15) is 0 Å². The number of hydrogen-bond acceptors (Lipinski definition) is 4. The summed E-state index contributed by atoms with van der Waals surface area (Å²) in [7, 11) is 1.65. The molecule has 0 aromatic heterocycles. The van der Waals surface area contributed by atoms with Crippen molar-refractivity contribution >= 4 is 41.9 Å². The molecule has 0 spiro atoms. The van der Waals surface area contributed by atoms with Crippen molar-refractivity contribution in [2.75, 3.05) is 39.8 Å². The molecule has 1 fully saturated rings. The first kappa shape index (κ1) is 20.0. The highest BCUT2D eigenvalue weighted by atomic mass is 127. The molecule has 1 aromatic rings. The number of benzene rings is 1. The normalized spacial score (nSPS) is 14.0. The van der Waals surface area contributed by atoms with Gasteiger partial charge in [0, 0.05) is 20.1 Å². The molecule has 132 valence electrons. The number of urea groups is 1. The molecule has 3 N–H and O–H groups in total. The Bertz CT molecular complexity index is 551. The molecule has 24 heavy (non-hydrogen) atoms. The summed E-state index contributed by atoms with van der Waals surface area (Å²) in [6.45, 7) is 1.88. The number of aliphatic imine (C=N–C) groups is 1. The molecule has 8 nitrogen and oxygen atoms in total. The fraction of sp³-hybridized carbons (Fsp3) is 0.400. The Morgan fingerprint density at radius 2 is 1.96 bits per heavy atom. The van der Waals surface area contributed by atoms with Crippen molar-refractivity contribution in [2.24, 2.45) is 4.99 Å². The fourth-order valence-electron chi connectivity index (χ4n) is 2.04. The van der Waals surface area contributed by atoms with E-state index in [1.165, 1.54) is 4.90 Å². The van der Waals surface area contributed by atoms with Gasteiger partial charge in [-0.2, -0.15) is 0 Å². The van der Waals surface area contributed by atoms with E-state index in [9.17, 15) is 9.59 Å². The van der Waals surface area contributed by atoms with Crippen LogP contribution in [0.25, 0.3) is 0 Å². The lowest BCUT2D eigenvalue weighted by molar-refractivity contribution is -0.124. The van der Waals surface area contributed by atoms with Crippen molar-refractivity contribution in [1.29, 1.82) is 0 Å². The van der Waals surface area contributed by atoms with Gasteiger partial charge in [-0.05, 0) is 12.1 Å². The summed E-state index contributed by atoms with van der Waals surface area (Å²) in [6.07, 6.45) is 0. The summed E-state index contributed by atoms with van der Waals surface area (Å²) < 4.78 is 5.56. The van der Waals surface area contributed by atoms with E-state index in [0.29, 0.717) is 32.2 Å². The molecule has 3 amide bonds. The molecule has 0 unspecified atom stereocenters. The average Bonchev–Trinajstić information content (AvgIpc) is 2.89. The molecule has 9 heteroatoms. The number of carbonyl (C=O) groups is 2. The highest BCUT2D eigenvalue weighted by molar-refractivity contribution is 14.0. The third-order valence-corrected chi connectivity index (χ3v) is 3.19. The summed E-state index contributed by atoms with van der Waals surface area (Å²) in [5.74, 6) is 1.19. The van der Waals surface area contributed by atoms with Crippen LogP contribution in [0.15, 0.2) is 35.3 Å². The minimum Gasteiger partial charge on any atom is -0.492 e. The zero-order chi connectivity index (χ0) is 16.5. The summed E-state index contributed by atoms with van der Waals surface area (Å²) >= 11 is 0. The quantitative estimate of drug-likeness (QED) is 0.185. The van der Waals surface area contributed by atoms with Crippen molar-refractivity contribution in [3.8, 4) is 5.75 Å². The number of rotatable bonds is 7. The smallest absolute Gasteiger partial charge is 0.324 e. The Morgan fingerprint density at radius 3 is 2.58 bits per heavy atom. The molecule has 1 aliphatic rings. The molecule has 1 aliphatic heterocycles. The van der Waals surface area contributed by atoms with Crippen molar-refractivity contribution in [3.63, 3.8) is 0 Å². The van der Waals surface area contributed by atoms with Crippen LogP contribution in [-0.4, -0.2) is 62.6 Å². The molecule has 1 heterocycles. The minimum atomic E-state index is -0.351. The summed E-state index contributed by atoms with van der Waals surface area (Å²) in [5, 5.41) is 8.62. The second-order valence-corrected chi connectivity index (χ2v) is 4.79. The van der Waals surface area contributed by atoms with Crippen LogP contribution in [0, 0.1) is 0 Å². The zero-order valence-electron chi connectivity index (χ0n) is 13.4. The van der Waals surface area contributed by atoms with Crippen LogP contribution in [0.2, 0.25) is 0 Å². The molecule has 0 radical (unpaired) electrons. The number of halogens is 1. The van der Waals surface area contributed by atoms with Gasteiger partial charge >= 0.3 is 6.03 Å². The molecule has 1 aromatic carbocycles. The number of amides is 3. The molecular weight excluding hydrogens is 425 g/mol. The number of ether oxygens (including phenoxy) is 1. The second kappa shape index (κ2) is 10.7. The summed E-state index contributed by atoms with van der Waals surface area (Å²) in [6, 6.07) is 9.20. The van der Waals surface area contributed by atoms with Crippen molar-refractivity contribution in [2.45, 2.75) is 0 Å². The van der Waals surface area contributed by atoms with Gasteiger partial charge in [0.05, 0.1) is 13.1 Å². The van der Waals surface area contributed by atoms with Gasteiger partial charge in [0.2, 0.25) is 5.91 Å². The number of imide groups is 1. The third-order valence-electron chi connectivity index (χ3n) is 3.19. The van der Waals surface area contributed by atoms with Gasteiger partial charge in [-0.3, -0.25) is 14.7 Å². The topological polar surface area (TPSA) is 95.1 Å². The molecule has 2 rings (SSSR count). The predicted molar refractivity (Wildman–Crippen MR) is 102 cm³/mol. The minimum absolute atomic E-state index is 0. The molecule has 0 saturated carbocycles. The van der Waals surface area contributed by atoms with Gasteiger partial charge in [-0.15, -0.1) is 24.0 Å². The maximum Gasteiger partial charge on any atom is 0.324 e. The van der Waals surface area contributed by atoms with Crippen LogP contribution < -0.4 is 20.7 Å². The Morgan fingerprint density at radius 1 is 1.25 bits per heavy atom. The van der Waals surface area contributed by atoms with E-state index in [-0.39, 0.29) is 42.5 Å². The summed E-state index contributed by atoms with van der Waals surface area (Å²) in [5.41, 5.74) is 0. The highest BCUT2D eigenvalue weighted by Crippen LogP contribution is 2.07. The van der Waals surface area contributed by atoms with Crippen molar-refractivity contribution < 1.29 is 14.3 Å².